The number of nitrogens with one attached hydrogen (secondary N) is 1. The molecule has 1 atom stereocenters. The Morgan fingerprint density at radius 2 is 2.07 bits per heavy atom. The van der Waals surface area contributed by atoms with Crippen LogP contribution in [0.4, 0.5) is 0 Å². The Morgan fingerprint density at radius 3 is 2.89 bits per heavy atom. The molecule has 0 fully saturated rings. The molecule has 1 aliphatic rings. The zero-order valence-corrected chi connectivity index (χ0v) is 15.0. The minimum Gasteiger partial charge on any atom is -0.486 e. The highest BCUT2D eigenvalue weighted by Crippen LogP contribution is 2.32. The van der Waals surface area contributed by atoms with E-state index in [9.17, 15) is 9.59 Å². The molecule has 3 heterocycles. The number of aromatic nitrogens is 4. The molecule has 0 radical (unpaired) electrons. The average Bonchev–Trinajstić information content (AvgIpc) is 3.05. The number of carbonyl (C=O) groups excluding carboxylic acids is 1. The molecule has 140 valence electrons. The molecule has 1 N–H and O–H groups in total. The van der Waals surface area contributed by atoms with Crippen molar-refractivity contribution in [3.8, 4) is 11.5 Å². The van der Waals surface area contributed by atoms with E-state index in [1.807, 2.05) is 25.1 Å². The maximum absolute atomic E-state index is 12.5. The number of rotatable bonds is 4. The van der Waals surface area contributed by atoms with Crippen molar-refractivity contribution in [2.75, 3.05) is 13.2 Å². The van der Waals surface area contributed by atoms with Crippen LogP contribution in [0, 0.1) is 0 Å². The molecule has 0 saturated carbocycles. The van der Waals surface area contributed by atoms with Crippen LogP contribution in [0.15, 0.2) is 35.5 Å². The minimum absolute atomic E-state index is 0.119. The van der Waals surface area contributed by atoms with Gasteiger partial charge in [-0.05, 0) is 24.6 Å². The van der Waals surface area contributed by atoms with Gasteiger partial charge in [0.2, 0.25) is 5.91 Å². The molecular weight excluding hydrogens is 350 g/mol. The van der Waals surface area contributed by atoms with E-state index >= 15 is 0 Å². The number of ether oxygens (including phenoxy) is 2. The van der Waals surface area contributed by atoms with E-state index < -0.39 is 0 Å². The summed E-state index contributed by atoms with van der Waals surface area (Å²) in [5, 5.41) is 7.29. The fourth-order valence-corrected chi connectivity index (χ4v) is 3.03. The van der Waals surface area contributed by atoms with E-state index in [0.717, 1.165) is 5.56 Å². The van der Waals surface area contributed by atoms with Gasteiger partial charge in [-0.2, -0.15) is 5.10 Å². The summed E-state index contributed by atoms with van der Waals surface area (Å²) in [7, 11) is 1.71. The van der Waals surface area contributed by atoms with Crippen LogP contribution in [0.5, 0.6) is 11.5 Å². The van der Waals surface area contributed by atoms with Crippen LogP contribution in [0.25, 0.3) is 11.0 Å². The number of amides is 1. The van der Waals surface area contributed by atoms with Crippen molar-refractivity contribution in [1.82, 2.24) is 24.6 Å². The molecule has 0 saturated heterocycles. The monoisotopic (exact) mass is 369 g/mol. The SMILES string of the molecule is CC(NC(=O)Cn1cnc2c(cnn2C)c1=O)c1ccc2c(c1)OCCO2. The van der Waals surface area contributed by atoms with Crippen molar-refractivity contribution in [3.63, 3.8) is 0 Å². The third-order valence-electron chi connectivity index (χ3n) is 4.48. The molecule has 9 nitrogen and oxygen atoms in total. The summed E-state index contributed by atoms with van der Waals surface area (Å²) in [4.78, 5) is 29.0. The fourth-order valence-electron chi connectivity index (χ4n) is 3.03. The third kappa shape index (κ3) is 3.23. The molecule has 4 rings (SSSR count). The predicted molar refractivity (Wildman–Crippen MR) is 96.8 cm³/mol. The molecule has 0 bridgehead atoms. The summed E-state index contributed by atoms with van der Waals surface area (Å²) in [5.74, 6) is 1.08. The Morgan fingerprint density at radius 1 is 1.30 bits per heavy atom. The number of benzene rings is 1. The van der Waals surface area contributed by atoms with Gasteiger partial charge in [0.25, 0.3) is 5.56 Å². The van der Waals surface area contributed by atoms with Gasteiger partial charge >= 0.3 is 0 Å². The van der Waals surface area contributed by atoms with Crippen LogP contribution in [-0.4, -0.2) is 38.5 Å². The van der Waals surface area contributed by atoms with Crippen LogP contribution < -0.4 is 20.3 Å². The minimum atomic E-state index is -0.296. The standard InChI is InChI=1S/C18H19N5O4/c1-11(12-3-4-14-15(7-12)27-6-5-26-14)21-16(24)9-23-10-19-17-13(18(23)25)8-20-22(17)2/h3-4,7-8,10-11H,5-6,9H2,1-2H3,(H,21,24). The quantitative estimate of drug-likeness (QED) is 0.729. The summed E-state index contributed by atoms with van der Waals surface area (Å²) in [6, 6.07) is 5.32. The molecule has 1 unspecified atom stereocenters. The first-order valence-corrected chi connectivity index (χ1v) is 8.59. The van der Waals surface area contributed by atoms with Crippen molar-refractivity contribution in [3.05, 3.63) is 46.6 Å². The first-order chi connectivity index (χ1) is 13.0. The van der Waals surface area contributed by atoms with Crippen LogP contribution in [0.3, 0.4) is 0 Å². The lowest BCUT2D eigenvalue weighted by Gasteiger charge is -2.21. The summed E-state index contributed by atoms with van der Waals surface area (Å²) in [6.07, 6.45) is 2.82. The lowest BCUT2D eigenvalue weighted by atomic mass is 10.1. The topological polar surface area (TPSA) is 100 Å². The largest absolute Gasteiger partial charge is 0.486 e. The zero-order valence-electron chi connectivity index (χ0n) is 15.0. The molecule has 2 aromatic heterocycles. The summed E-state index contributed by atoms with van der Waals surface area (Å²) < 4.78 is 13.9. The second-order valence-electron chi connectivity index (χ2n) is 6.38. The molecule has 9 heteroatoms. The molecule has 1 aromatic carbocycles. The van der Waals surface area contributed by atoms with E-state index in [2.05, 4.69) is 15.4 Å². The number of fused-ring (bicyclic) bond motifs is 2. The Labute approximate surface area is 154 Å². The third-order valence-corrected chi connectivity index (χ3v) is 4.48. The molecule has 3 aromatic rings. The van der Waals surface area contributed by atoms with E-state index in [4.69, 9.17) is 9.47 Å². The van der Waals surface area contributed by atoms with Gasteiger partial charge in [-0.3, -0.25) is 18.8 Å². The van der Waals surface area contributed by atoms with Gasteiger partial charge in [0.1, 0.15) is 31.5 Å². The normalized spacial score (nSPS) is 14.1. The second kappa shape index (κ2) is 6.75. The van der Waals surface area contributed by atoms with E-state index in [1.54, 1.807) is 7.05 Å². The Kier molecular flexibility index (Phi) is 4.27. The molecule has 0 aliphatic carbocycles. The van der Waals surface area contributed by atoms with Crippen molar-refractivity contribution in [2.24, 2.45) is 7.05 Å². The number of nitrogens with zero attached hydrogens (tertiary/aromatic N) is 4. The predicted octanol–water partition coefficient (Wildman–Crippen LogP) is 0.779. The number of hydrogen-bond donors (Lipinski definition) is 1. The second-order valence-corrected chi connectivity index (χ2v) is 6.38. The van der Waals surface area contributed by atoms with Crippen LogP contribution in [0.2, 0.25) is 0 Å². The molecule has 1 aliphatic heterocycles. The van der Waals surface area contributed by atoms with Crippen molar-refractivity contribution in [2.45, 2.75) is 19.5 Å². The van der Waals surface area contributed by atoms with Gasteiger partial charge in [0.05, 0.1) is 12.2 Å². The Bertz CT molecular complexity index is 1070. The zero-order chi connectivity index (χ0) is 19.0. The highest BCUT2D eigenvalue weighted by atomic mass is 16.6. The van der Waals surface area contributed by atoms with E-state index in [-0.39, 0.29) is 24.1 Å². The van der Waals surface area contributed by atoms with E-state index in [1.165, 1.54) is 21.8 Å². The highest BCUT2D eigenvalue weighted by Gasteiger charge is 2.17. The number of hydrogen-bond acceptors (Lipinski definition) is 6. The number of aryl methyl sites for hydroxylation is 1. The smallest absolute Gasteiger partial charge is 0.264 e. The van der Waals surface area contributed by atoms with Gasteiger partial charge < -0.3 is 14.8 Å². The highest BCUT2D eigenvalue weighted by molar-refractivity contribution is 5.77. The summed E-state index contributed by atoms with van der Waals surface area (Å²) in [6.45, 7) is 2.78. The van der Waals surface area contributed by atoms with Crippen molar-refractivity contribution < 1.29 is 14.3 Å². The maximum Gasteiger partial charge on any atom is 0.264 e. The van der Waals surface area contributed by atoms with Crippen molar-refractivity contribution in [1.29, 1.82) is 0 Å². The number of carbonyl (C=O) groups is 1. The van der Waals surface area contributed by atoms with Crippen molar-refractivity contribution >= 4 is 16.9 Å². The maximum atomic E-state index is 12.5. The van der Waals surface area contributed by atoms with Crippen LogP contribution in [-0.2, 0) is 18.4 Å². The summed E-state index contributed by atoms with van der Waals surface area (Å²) >= 11 is 0. The Balaban J connectivity index is 1.48. The first-order valence-electron chi connectivity index (χ1n) is 8.59. The molecule has 1 amide bonds. The lowest BCUT2D eigenvalue weighted by molar-refractivity contribution is -0.122. The average molecular weight is 369 g/mol. The van der Waals surface area contributed by atoms with Gasteiger partial charge in [-0.1, -0.05) is 6.07 Å². The van der Waals surface area contributed by atoms with Gasteiger partial charge in [-0.15, -0.1) is 0 Å². The summed E-state index contributed by atoms with van der Waals surface area (Å²) in [5.41, 5.74) is 1.08. The Hall–Kier alpha value is -3.36. The fraction of sp³-hybridized carbons (Fsp3) is 0.333. The van der Waals surface area contributed by atoms with Gasteiger partial charge in [0, 0.05) is 7.05 Å². The van der Waals surface area contributed by atoms with Gasteiger partial charge in [-0.25, -0.2) is 4.98 Å². The van der Waals surface area contributed by atoms with Gasteiger partial charge in [0.15, 0.2) is 17.1 Å². The first kappa shape index (κ1) is 17.1. The van der Waals surface area contributed by atoms with Crippen LogP contribution in [0.1, 0.15) is 18.5 Å². The van der Waals surface area contributed by atoms with E-state index in [0.29, 0.717) is 35.7 Å². The molecule has 0 spiro atoms. The molecular formula is C18H19N5O4. The molecule has 27 heavy (non-hydrogen) atoms. The van der Waals surface area contributed by atoms with Crippen LogP contribution >= 0.6 is 0 Å². The lowest BCUT2D eigenvalue weighted by Crippen LogP contribution is -2.34.